The summed E-state index contributed by atoms with van der Waals surface area (Å²) in [6, 6.07) is 9.74. The van der Waals surface area contributed by atoms with Crippen molar-refractivity contribution in [1.82, 2.24) is 4.90 Å². The fourth-order valence-corrected chi connectivity index (χ4v) is 2.80. The third-order valence-electron chi connectivity index (χ3n) is 4.04. The molecule has 22 heavy (non-hydrogen) atoms. The molecule has 0 bridgehead atoms. The first-order chi connectivity index (χ1) is 10.7. The Morgan fingerprint density at radius 1 is 1.18 bits per heavy atom. The molecule has 1 aromatic rings. The summed E-state index contributed by atoms with van der Waals surface area (Å²) >= 11 is 0. The van der Waals surface area contributed by atoms with Gasteiger partial charge in [-0.25, -0.2) is 9.69 Å². The molecule has 120 valence electrons. The van der Waals surface area contributed by atoms with E-state index in [1.54, 1.807) is 0 Å². The number of imide groups is 1. The van der Waals surface area contributed by atoms with Gasteiger partial charge in [0.2, 0.25) is 5.91 Å². The summed E-state index contributed by atoms with van der Waals surface area (Å²) in [6.07, 6.45) is 6.05. The summed E-state index contributed by atoms with van der Waals surface area (Å²) in [5, 5.41) is 0. The Kier molecular flexibility index (Phi) is 6.44. The van der Waals surface area contributed by atoms with Crippen LogP contribution in [0.2, 0.25) is 0 Å². The summed E-state index contributed by atoms with van der Waals surface area (Å²) < 4.78 is 5.08. The van der Waals surface area contributed by atoms with E-state index in [4.69, 9.17) is 4.74 Å². The van der Waals surface area contributed by atoms with E-state index in [0.717, 1.165) is 24.8 Å². The average Bonchev–Trinajstić information content (AvgIpc) is 2.88. The fraction of sp³-hybridized carbons (Fsp3) is 0.556. The third kappa shape index (κ3) is 4.58. The maximum Gasteiger partial charge on any atom is 0.416 e. The van der Waals surface area contributed by atoms with Crippen molar-refractivity contribution in [3.63, 3.8) is 0 Å². The second-order valence-corrected chi connectivity index (χ2v) is 5.85. The number of amides is 2. The Morgan fingerprint density at radius 3 is 2.64 bits per heavy atom. The maximum absolute atomic E-state index is 12.3. The van der Waals surface area contributed by atoms with Gasteiger partial charge < -0.3 is 4.74 Å². The molecule has 4 nitrogen and oxygen atoms in total. The van der Waals surface area contributed by atoms with Gasteiger partial charge in [-0.15, -0.1) is 0 Å². The van der Waals surface area contributed by atoms with Crippen molar-refractivity contribution in [3.8, 4) is 0 Å². The van der Waals surface area contributed by atoms with Crippen molar-refractivity contribution < 1.29 is 14.3 Å². The zero-order valence-electron chi connectivity index (χ0n) is 13.3. The van der Waals surface area contributed by atoms with Crippen LogP contribution >= 0.6 is 0 Å². The van der Waals surface area contributed by atoms with E-state index in [1.807, 2.05) is 30.3 Å². The fourth-order valence-electron chi connectivity index (χ4n) is 2.80. The van der Waals surface area contributed by atoms with Crippen molar-refractivity contribution >= 4 is 12.0 Å². The lowest BCUT2D eigenvalue weighted by Crippen LogP contribution is -2.40. The van der Waals surface area contributed by atoms with Gasteiger partial charge in [0, 0.05) is 6.42 Å². The molecule has 0 spiro atoms. The van der Waals surface area contributed by atoms with Gasteiger partial charge in [0.25, 0.3) is 0 Å². The Balaban J connectivity index is 1.86. The van der Waals surface area contributed by atoms with Crippen LogP contribution in [0.1, 0.15) is 51.0 Å². The molecule has 1 saturated heterocycles. The number of ether oxygens (including phenoxy) is 1. The number of rotatable bonds is 8. The Morgan fingerprint density at radius 2 is 1.91 bits per heavy atom. The number of hydrogen-bond donors (Lipinski definition) is 0. The highest BCUT2D eigenvalue weighted by Crippen LogP contribution is 2.19. The van der Waals surface area contributed by atoms with Crippen molar-refractivity contribution in [2.45, 2.75) is 57.9 Å². The van der Waals surface area contributed by atoms with Gasteiger partial charge in [-0.3, -0.25) is 4.79 Å². The predicted octanol–water partition coefficient (Wildman–Crippen LogP) is 3.94. The minimum absolute atomic E-state index is 0.0973. The molecule has 0 aliphatic carbocycles. The summed E-state index contributed by atoms with van der Waals surface area (Å²) in [6.45, 7) is 2.47. The van der Waals surface area contributed by atoms with Crippen LogP contribution in [0.15, 0.2) is 30.3 Å². The van der Waals surface area contributed by atoms with Gasteiger partial charge in [-0.1, -0.05) is 62.9 Å². The molecule has 1 fully saturated rings. The first kappa shape index (κ1) is 16.5. The third-order valence-corrected chi connectivity index (χ3v) is 4.04. The minimum Gasteiger partial charge on any atom is -0.447 e. The van der Waals surface area contributed by atoms with Gasteiger partial charge >= 0.3 is 6.09 Å². The van der Waals surface area contributed by atoms with E-state index in [0.29, 0.717) is 19.4 Å². The summed E-state index contributed by atoms with van der Waals surface area (Å²) in [5.41, 5.74) is 1.12. The van der Waals surface area contributed by atoms with Crippen molar-refractivity contribution in [1.29, 1.82) is 0 Å². The van der Waals surface area contributed by atoms with E-state index in [2.05, 4.69) is 6.92 Å². The molecule has 2 rings (SSSR count). The van der Waals surface area contributed by atoms with Crippen molar-refractivity contribution in [3.05, 3.63) is 35.9 Å². The molecule has 0 unspecified atom stereocenters. The topological polar surface area (TPSA) is 46.6 Å². The number of cyclic esters (lactones) is 1. The zero-order chi connectivity index (χ0) is 15.8. The number of nitrogens with zero attached hydrogens (tertiary/aromatic N) is 1. The molecule has 1 atom stereocenters. The van der Waals surface area contributed by atoms with Crippen LogP contribution < -0.4 is 0 Å². The quantitative estimate of drug-likeness (QED) is 0.683. The van der Waals surface area contributed by atoms with Gasteiger partial charge in [0.05, 0.1) is 6.04 Å². The molecule has 0 saturated carbocycles. The standard InChI is InChI=1S/C18H25NO3/c1-2-3-4-5-9-12-17(20)19-16(14-22-18(19)21)13-15-10-7-6-8-11-15/h6-8,10-11,16H,2-5,9,12-14H2,1H3/t16-/m0/s1. The lowest BCUT2D eigenvalue weighted by molar-refractivity contribution is -0.129. The molecule has 4 heteroatoms. The van der Waals surface area contributed by atoms with Crippen molar-refractivity contribution in [2.24, 2.45) is 0 Å². The molecule has 1 aliphatic rings. The van der Waals surface area contributed by atoms with E-state index >= 15 is 0 Å². The highest BCUT2D eigenvalue weighted by Gasteiger charge is 2.37. The Hall–Kier alpha value is -1.84. The van der Waals surface area contributed by atoms with Gasteiger partial charge in [0.1, 0.15) is 6.61 Å². The normalized spacial score (nSPS) is 17.6. The smallest absolute Gasteiger partial charge is 0.416 e. The summed E-state index contributed by atoms with van der Waals surface area (Å²) in [4.78, 5) is 25.5. The number of hydrogen-bond acceptors (Lipinski definition) is 3. The SMILES string of the molecule is CCCCCCCC(=O)N1C(=O)OC[C@@H]1Cc1ccccc1. The zero-order valence-corrected chi connectivity index (χ0v) is 13.3. The van der Waals surface area contributed by atoms with Crippen LogP contribution in [0.3, 0.4) is 0 Å². The van der Waals surface area contributed by atoms with Crippen LogP contribution in [0.25, 0.3) is 0 Å². The van der Waals surface area contributed by atoms with Crippen molar-refractivity contribution in [2.75, 3.05) is 6.61 Å². The number of carbonyl (C=O) groups is 2. The summed E-state index contributed by atoms with van der Waals surface area (Å²) in [7, 11) is 0. The van der Waals surface area contributed by atoms with E-state index in [9.17, 15) is 9.59 Å². The number of unbranched alkanes of at least 4 members (excludes halogenated alkanes) is 4. The second kappa shape index (κ2) is 8.57. The number of carbonyl (C=O) groups excluding carboxylic acids is 2. The molecule has 1 heterocycles. The maximum atomic E-state index is 12.3. The number of benzene rings is 1. The summed E-state index contributed by atoms with van der Waals surface area (Å²) in [5.74, 6) is -0.0973. The Bertz CT molecular complexity index is 486. The van der Waals surface area contributed by atoms with Crippen LogP contribution in [0, 0.1) is 0 Å². The molecule has 1 aliphatic heterocycles. The first-order valence-electron chi connectivity index (χ1n) is 8.25. The van der Waals surface area contributed by atoms with Crippen LogP contribution in [-0.2, 0) is 16.0 Å². The monoisotopic (exact) mass is 303 g/mol. The van der Waals surface area contributed by atoms with E-state index < -0.39 is 6.09 Å². The van der Waals surface area contributed by atoms with Gasteiger partial charge in [-0.05, 0) is 18.4 Å². The molecule has 0 N–H and O–H groups in total. The lowest BCUT2D eigenvalue weighted by Gasteiger charge is -2.19. The highest BCUT2D eigenvalue weighted by atomic mass is 16.6. The molecule has 1 aromatic carbocycles. The van der Waals surface area contributed by atoms with Crippen LogP contribution in [0.4, 0.5) is 4.79 Å². The molecule has 0 aromatic heterocycles. The van der Waals surface area contributed by atoms with E-state index in [-0.39, 0.29) is 11.9 Å². The van der Waals surface area contributed by atoms with Gasteiger partial charge in [-0.2, -0.15) is 0 Å². The molecule has 0 radical (unpaired) electrons. The molecule has 2 amide bonds. The first-order valence-corrected chi connectivity index (χ1v) is 8.25. The largest absolute Gasteiger partial charge is 0.447 e. The lowest BCUT2D eigenvalue weighted by atomic mass is 10.1. The Labute approximate surface area is 132 Å². The van der Waals surface area contributed by atoms with E-state index in [1.165, 1.54) is 17.7 Å². The average molecular weight is 303 g/mol. The van der Waals surface area contributed by atoms with Crippen LogP contribution in [0.5, 0.6) is 0 Å². The van der Waals surface area contributed by atoms with Gasteiger partial charge in [0.15, 0.2) is 0 Å². The second-order valence-electron chi connectivity index (χ2n) is 5.85. The molecular formula is C18H25NO3. The highest BCUT2D eigenvalue weighted by molar-refractivity contribution is 5.93. The van der Waals surface area contributed by atoms with Crippen LogP contribution in [-0.4, -0.2) is 29.5 Å². The predicted molar refractivity (Wildman–Crippen MR) is 85.5 cm³/mol. The minimum atomic E-state index is -0.487. The molecular weight excluding hydrogens is 278 g/mol.